The molecule has 3 atom stereocenters. The summed E-state index contributed by atoms with van der Waals surface area (Å²) in [6.07, 6.45) is 1.24. The first-order valence-electron chi connectivity index (χ1n) is 6.52. The van der Waals surface area contributed by atoms with Crippen LogP contribution in [0, 0.1) is 5.92 Å². The van der Waals surface area contributed by atoms with Gasteiger partial charge in [0.1, 0.15) is 5.75 Å². The van der Waals surface area contributed by atoms with Gasteiger partial charge in [0.25, 0.3) is 0 Å². The van der Waals surface area contributed by atoms with Crippen molar-refractivity contribution in [1.82, 2.24) is 0 Å². The van der Waals surface area contributed by atoms with Gasteiger partial charge in [-0.1, -0.05) is 24.3 Å². The van der Waals surface area contributed by atoms with Crippen LogP contribution < -0.4 is 10.5 Å². The zero-order valence-electron chi connectivity index (χ0n) is 10.9. The van der Waals surface area contributed by atoms with E-state index >= 15 is 0 Å². The molecule has 94 valence electrons. The van der Waals surface area contributed by atoms with E-state index in [2.05, 4.69) is 37.3 Å². The number of benzene rings is 2. The van der Waals surface area contributed by atoms with Crippen LogP contribution in [0.15, 0.2) is 36.4 Å². The van der Waals surface area contributed by atoms with Crippen LogP contribution in [0.4, 0.5) is 0 Å². The Hall–Kier alpha value is -1.54. The number of hydrogen-bond acceptors (Lipinski definition) is 2. The largest absolute Gasteiger partial charge is 0.497 e. The normalized spacial score (nSPS) is 23.9. The van der Waals surface area contributed by atoms with Crippen molar-refractivity contribution < 1.29 is 4.74 Å². The molecule has 2 aromatic carbocycles. The second-order valence-electron chi connectivity index (χ2n) is 5.34. The van der Waals surface area contributed by atoms with Crippen molar-refractivity contribution >= 4 is 10.8 Å². The van der Waals surface area contributed by atoms with Gasteiger partial charge in [0.2, 0.25) is 0 Å². The number of methoxy groups -OCH3 is 1. The fourth-order valence-electron chi connectivity index (χ4n) is 2.78. The Bertz CT molecular complexity index is 576. The minimum Gasteiger partial charge on any atom is -0.497 e. The summed E-state index contributed by atoms with van der Waals surface area (Å²) in [6, 6.07) is 13.2. The van der Waals surface area contributed by atoms with Crippen LogP contribution in [0.3, 0.4) is 0 Å². The maximum Gasteiger partial charge on any atom is 0.119 e. The monoisotopic (exact) mass is 241 g/mol. The van der Waals surface area contributed by atoms with E-state index in [1.807, 2.05) is 6.07 Å². The molecule has 2 nitrogen and oxygen atoms in total. The molecule has 0 aromatic heterocycles. The van der Waals surface area contributed by atoms with Crippen LogP contribution in [0.5, 0.6) is 5.75 Å². The molecule has 0 amide bonds. The van der Waals surface area contributed by atoms with Crippen molar-refractivity contribution in [2.24, 2.45) is 11.7 Å². The number of rotatable bonds is 3. The number of nitrogens with two attached hydrogens (primary N) is 1. The van der Waals surface area contributed by atoms with Crippen molar-refractivity contribution in [2.45, 2.75) is 25.3 Å². The fourth-order valence-corrected chi connectivity index (χ4v) is 2.78. The molecule has 1 aliphatic rings. The standard InChI is InChI=1S/C16H19NO/c1-10(17)15-9-16(15)13-4-3-12-8-14(18-2)6-5-11(12)7-13/h3-8,10,15-16H,9,17H2,1-2H3. The van der Waals surface area contributed by atoms with Crippen molar-refractivity contribution in [1.29, 1.82) is 0 Å². The van der Waals surface area contributed by atoms with Crippen LogP contribution in [-0.2, 0) is 0 Å². The molecule has 0 spiro atoms. The molecule has 0 bridgehead atoms. The van der Waals surface area contributed by atoms with Crippen LogP contribution in [0.25, 0.3) is 10.8 Å². The Labute approximate surface area is 108 Å². The third-order valence-corrected chi connectivity index (χ3v) is 4.01. The Morgan fingerprint density at radius 1 is 1.17 bits per heavy atom. The van der Waals surface area contributed by atoms with E-state index in [1.54, 1.807) is 7.11 Å². The van der Waals surface area contributed by atoms with Gasteiger partial charge >= 0.3 is 0 Å². The third-order valence-electron chi connectivity index (χ3n) is 4.01. The predicted octanol–water partition coefficient (Wildman–Crippen LogP) is 3.30. The molecule has 0 aliphatic heterocycles. The molecule has 2 aromatic rings. The summed E-state index contributed by atoms with van der Waals surface area (Å²) in [5.41, 5.74) is 7.39. The molecule has 0 radical (unpaired) electrons. The second-order valence-corrected chi connectivity index (χ2v) is 5.34. The highest BCUT2D eigenvalue weighted by Gasteiger charge is 2.40. The highest BCUT2D eigenvalue weighted by molar-refractivity contribution is 5.84. The highest BCUT2D eigenvalue weighted by Crippen LogP contribution is 2.49. The predicted molar refractivity (Wildman–Crippen MR) is 75.0 cm³/mol. The van der Waals surface area contributed by atoms with Crippen molar-refractivity contribution in [3.8, 4) is 5.75 Å². The summed E-state index contributed by atoms with van der Waals surface area (Å²) in [6.45, 7) is 2.11. The lowest BCUT2D eigenvalue weighted by Gasteiger charge is -2.07. The van der Waals surface area contributed by atoms with Gasteiger partial charge in [0.15, 0.2) is 0 Å². The molecule has 0 heterocycles. The minimum absolute atomic E-state index is 0.307. The summed E-state index contributed by atoms with van der Waals surface area (Å²) in [4.78, 5) is 0. The van der Waals surface area contributed by atoms with Gasteiger partial charge in [-0.2, -0.15) is 0 Å². The first-order valence-corrected chi connectivity index (χ1v) is 6.52. The average molecular weight is 241 g/mol. The van der Waals surface area contributed by atoms with Gasteiger partial charge in [-0.15, -0.1) is 0 Å². The Morgan fingerprint density at radius 2 is 1.89 bits per heavy atom. The Balaban J connectivity index is 1.93. The van der Waals surface area contributed by atoms with Gasteiger partial charge in [-0.05, 0) is 53.6 Å². The zero-order chi connectivity index (χ0) is 12.7. The highest BCUT2D eigenvalue weighted by atomic mass is 16.5. The number of ether oxygens (including phenoxy) is 1. The van der Waals surface area contributed by atoms with Crippen LogP contribution in [0.1, 0.15) is 24.8 Å². The molecule has 2 heteroatoms. The SMILES string of the molecule is COc1ccc2cc(C3CC3C(C)N)ccc2c1. The van der Waals surface area contributed by atoms with Gasteiger partial charge in [0, 0.05) is 6.04 Å². The average Bonchev–Trinajstić information content (AvgIpc) is 3.18. The maximum absolute atomic E-state index is 5.96. The molecule has 2 N–H and O–H groups in total. The summed E-state index contributed by atoms with van der Waals surface area (Å²) >= 11 is 0. The van der Waals surface area contributed by atoms with Crippen LogP contribution in [-0.4, -0.2) is 13.2 Å². The van der Waals surface area contributed by atoms with Crippen molar-refractivity contribution in [3.63, 3.8) is 0 Å². The lowest BCUT2D eigenvalue weighted by atomic mass is 10.0. The lowest BCUT2D eigenvalue weighted by Crippen LogP contribution is -2.17. The number of fused-ring (bicyclic) bond motifs is 1. The molecule has 0 saturated heterocycles. The van der Waals surface area contributed by atoms with Crippen molar-refractivity contribution in [2.75, 3.05) is 7.11 Å². The second kappa shape index (κ2) is 4.29. The Morgan fingerprint density at radius 3 is 2.56 bits per heavy atom. The molecular weight excluding hydrogens is 222 g/mol. The molecule has 3 rings (SSSR count). The maximum atomic E-state index is 5.96. The summed E-state index contributed by atoms with van der Waals surface area (Å²) < 4.78 is 5.24. The van der Waals surface area contributed by atoms with Crippen molar-refractivity contribution in [3.05, 3.63) is 42.0 Å². The topological polar surface area (TPSA) is 35.2 Å². The molecule has 3 unspecified atom stereocenters. The van der Waals surface area contributed by atoms with E-state index in [4.69, 9.17) is 10.5 Å². The number of hydrogen-bond donors (Lipinski definition) is 1. The summed E-state index contributed by atoms with van der Waals surface area (Å²) in [5.74, 6) is 2.24. The molecule has 18 heavy (non-hydrogen) atoms. The van der Waals surface area contributed by atoms with E-state index in [1.165, 1.54) is 22.8 Å². The van der Waals surface area contributed by atoms with E-state index < -0.39 is 0 Å². The summed E-state index contributed by atoms with van der Waals surface area (Å²) in [5, 5.41) is 2.51. The minimum atomic E-state index is 0.307. The van der Waals surface area contributed by atoms with E-state index in [0.29, 0.717) is 17.9 Å². The first kappa shape index (κ1) is 11.5. The van der Waals surface area contributed by atoms with Crippen LogP contribution >= 0.6 is 0 Å². The van der Waals surface area contributed by atoms with Gasteiger partial charge in [-0.3, -0.25) is 0 Å². The quantitative estimate of drug-likeness (QED) is 0.894. The smallest absolute Gasteiger partial charge is 0.119 e. The molecule has 1 aliphatic carbocycles. The summed E-state index contributed by atoms with van der Waals surface area (Å²) in [7, 11) is 1.70. The van der Waals surface area contributed by atoms with Gasteiger partial charge in [-0.25, -0.2) is 0 Å². The van der Waals surface area contributed by atoms with E-state index in [9.17, 15) is 0 Å². The Kier molecular flexibility index (Phi) is 2.75. The zero-order valence-corrected chi connectivity index (χ0v) is 10.9. The molecule has 1 fully saturated rings. The fraction of sp³-hybridized carbons (Fsp3) is 0.375. The lowest BCUT2D eigenvalue weighted by molar-refractivity contribution is 0.415. The van der Waals surface area contributed by atoms with E-state index in [0.717, 1.165) is 5.75 Å². The van der Waals surface area contributed by atoms with Crippen LogP contribution in [0.2, 0.25) is 0 Å². The van der Waals surface area contributed by atoms with Gasteiger partial charge in [0.05, 0.1) is 7.11 Å². The molecule has 1 saturated carbocycles. The first-order chi connectivity index (χ1) is 8.69. The van der Waals surface area contributed by atoms with Gasteiger partial charge < -0.3 is 10.5 Å². The third kappa shape index (κ3) is 1.97. The van der Waals surface area contributed by atoms with E-state index in [-0.39, 0.29) is 0 Å². The molecular formula is C16H19NO.